The molecule has 9 nitrogen and oxygen atoms in total. The van der Waals surface area contributed by atoms with Crippen LogP contribution in [-0.4, -0.2) is 42.7 Å². The van der Waals surface area contributed by atoms with E-state index in [9.17, 15) is 19.1 Å². The third-order valence-electron chi connectivity index (χ3n) is 5.59. The second-order valence-corrected chi connectivity index (χ2v) is 9.99. The second-order valence-electron chi connectivity index (χ2n) is 9.99. The molecule has 2 N–H and O–H groups in total. The van der Waals surface area contributed by atoms with Crippen molar-refractivity contribution in [2.24, 2.45) is 0 Å². The Bertz CT molecular complexity index is 1430. The van der Waals surface area contributed by atoms with Gasteiger partial charge in [0.25, 0.3) is 5.91 Å². The average molecular weight is 517 g/mol. The van der Waals surface area contributed by atoms with Gasteiger partial charge in [-0.3, -0.25) is 14.5 Å². The zero-order valence-corrected chi connectivity index (χ0v) is 21.6. The Hall–Kier alpha value is -4.60. The molecule has 10 heteroatoms. The molecule has 1 heterocycles. The maximum absolute atomic E-state index is 13.9. The SMILES string of the molecule is Cc1cccc(N(C(=O)Cn2nnc(-c3ccc(F)cc3)n2)[C@H](C(=O)NC(C)(C)C)c2ccc(O)cc2)c1. The largest absolute Gasteiger partial charge is 0.508 e. The van der Waals surface area contributed by atoms with Crippen molar-refractivity contribution in [1.29, 1.82) is 0 Å². The molecule has 0 aliphatic rings. The molecule has 0 bridgehead atoms. The van der Waals surface area contributed by atoms with Crippen LogP contribution in [0, 0.1) is 12.7 Å². The van der Waals surface area contributed by atoms with E-state index in [1.807, 2.05) is 39.8 Å². The van der Waals surface area contributed by atoms with Gasteiger partial charge < -0.3 is 10.4 Å². The van der Waals surface area contributed by atoms with Gasteiger partial charge in [-0.25, -0.2) is 4.39 Å². The first-order chi connectivity index (χ1) is 18.0. The van der Waals surface area contributed by atoms with E-state index in [-0.39, 0.29) is 23.9 Å². The normalized spacial score (nSPS) is 12.1. The van der Waals surface area contributed by atoms with Crippen LogP contribution in [0.1, 0.15) is 37.9 Å². The fourth-order valence-corrected chi connectivity index (χ4v) is 3.95. The van der Waals surface area contributed by atoms with Crippen molar-refractivity contribution in [2.45, 2.75) is 45.8 Å². The van der Waals surface area contributed by atoms with Gasteiger partial charge in [-0.15, -0.1) is 10.2 Å². The summed E-state index contributed by atoms with van der Waals surface area (Å²) >= 11 is 0. The zero-order chi connectivity index (χ0) is 27.4. The van der Waals surface area contributed by atoms with Gasteiger partial charge >= 0.3 is 0 Å². The predicted octanol–water partition coefficient (Wildman–Crippen LogP) is 4.18. The van der Waals surface area contributed by atoms with E-state index < -0.39 is 23.4 Å². The molecular formula is C28H29FN6O3. The number of rotatable bonds is 7. The number of phenols is 1. The molecular weight excluding hydrogens is 487 g/mol. The van der Waals surface area contributed by atoms with Crippen LogP contribution < -0.4 is 10.2 Å². The third kappa shape index (κ3) is 6.39. The van der Waals surface area contributed by atoms with Crippen LogP contribution in [0.3, 0.4) is 0 Å². The second kappa shape index (κ2) is 10.8. The summed E-state index contributed by atoms with van der Waals surface area (Å²) < 4.78 is 13.3. The maximum atomic E-state index is 13.9. The highest BCUT2D eigenvalue weighted by Crippen LogP contribution is 2.30. The van der Waals surface area contributed by atoms with Crippen molar-refractivity contribution in [3.8, 4) is 17.1 Å². The van der Waals surface area contributed by atoms with Gasteiger partial charge in [-0.1, -0.05) is 24.3 Å². The van der Waals surface area contributed by atoms with Gasteiger partial charge in [0.1, 0.15) is 24.2 Å². The molecule has 0 aliphatic heterocycles. The average Bonchev–Trinajstić information content (AvgIpc) is 3.30. The van der Waals surface area contributed by atoms with E-state index in [2.05, 4.69) is 20.7 Å². The number of tetrazole rings is 1. The molecule has 4 aromatic rings. The Morgan fingerprint density at radius 1 is 1.05 bits per heavy atom. The fourth-order valence-electron chi connectivity index (χ4n) is 3.95. The van der Waals surface area contributed by atoms with Crippen LogP contribution in [0.2, 0.25) is 0 Å². The molecule has 38 heavy (non-hydrogen) atoms. The standard InChI is InChI=1S/C28H29FN6O3/c1-18-6-5-7-22(16-18)35(25(27(38)30-28(2,3)4)19-10-14-23(36)15-11-19)24(37)17-34-32-26(31-33-34)20-8-12-21(29)13-9-20/h5-16,25,36H,17H2,1-4H3,(H,30,38)/t25-/m0/s1. The zero-order valence-electron chi connectivity index (χ0n) is 21.6. The van der Waals surface area contributed by atoms with Gasteiger partial charge in [-0.05, 0) is 92.6 Å². The predicted molar refractivity (Wildman–Crippen MR) is 141 cm³/mol. The highest BCUT2D eigenvalue weighted by atomic mass is 19.1. The Morgan fingerprint density at radius 2 is 1.74 bits per heavy atom. The fraction of sp³-hybridized carbons (Fsp3) is 0.250. The number of aromatic hydroxyl groups is 1. The van der Waals surface area contributed by atoms with Crippen molar-refractivity contribution in [2.75, 3.05) is 4.90 Å². The van der Waals surface area contributed by atoms with E-state index in [1.54, 1.807) is 24.3 Å². The summed E-state index contributed by atoms with van der Waals surface area (Å²) in [6.45, 7) is 7.15. The summed E-state index contributed by atoms with van der Waals surface area (Å²) in [4.78, 5) is 30.1. The molecule has 1 aromatic heterocycles. The minimum absolute atomic E-state index is 0.0392. The number of aromatic nitrogens is 4. The van der Waals surface area contributed by atoms with E-state index in [1.165, 1.54) is 41.3 Å². The quantitative estimate of drug-likeness (QED) is 0.381. The number of amides is 2. The van der Waals surface area contributed by atoms with Crippen molar-refractivity contribution in [3.63, 3.8) is 0 Å². The minimum atomic E-state index is -1.05. The lowest BCUT2D eigenvalue weighted by Crippen LogP contribution is -2.50. The number of benzene rings is 3. The van der Waals surface area contributed by atoms with Crippen LogP contribution in [-0.2, 0) is 16.1 Å². The topological polar surface area (TPSA) is 113 Å². The van der Waals surface area contributed by atoms with Gasteiger partial charge in [0.05, 0.1) is 0 Å². The number of carbonyl (C=O) groups excluding carboxylic acids is 2. The summed E-state index contributed by atoms with van der Waals surface area (Å²) in [6, 6.07) is 18.0. The van der Waals surface area contributed by atoms with Crippen molar-refractivity contribution in [3.05, 3.63) is 89.7 Å². The van der Waals surface area contributed by atoms with Gasteiger partial charge in [0.15, 0.2) is 0 Å². The third-order valence-corrected chi connectivity index (χ3v) is 5.59. The molecule has 2 amide bonds. The van der Waals surface area contributed by atoms with Crippen LogP contribution in [0.25, 0.3) is 11.4 Å². The van der Waals surface area contributed by atoms with Crippen LogP contribution >= 0.6 is 0 Å². The molecule has 0 saturated heterocycles. The van der Waals surface area contributed by atoms with E-state index >= 15 is 0 Å². The number of hydrogen-bond acceptors (Lipinski definition) is 6. The molecule has 4 rings (SSSR count). The highest BCUT2D eigenvalue weighted by molar-refractivity contribution is 6.01. The summed E-state index contributed by atoms with van der Waals surface area (Å²) in [6.07, 6.45) is 0. The number of carbonyl (C=O) groups is 2. The van der Waals surface area contributed by atoms with Gasteiger partial charge in [0.2, 0.25) is 11.7 Å². The van der Waals surface area contributed by atoms with Gasteiger partial charge in [0, 0.05) is 16.8 Å². The Labute approximate surface area is 219 Å². The lowest BCUT2D eigenvalue weighted by Gasteiger charge is -2.34. The first kappa shape index (κ1) is 26.5. The first-order valence-electron chi connectivity index (χ1n) is 12.0. The monoisotopic (exact) mass is 516 g/mol. The van der Waals surface area contributed by atoms with E-state index in [0.717, 1.165) is 10.4 Å². The van der Waals surface area contributed by atoms with E-state index in [0.29, 0.717) is 16.8 Å². The van der Waals surface area contributed by atoms with Crippen LogP contribution in [0.4, 0.5) is 10.1 Å². The maximum Gasteiger partial charge on any atom is 0.251 e. The number of halogens is 1. The lowest BCUT2D eigenvalue weighted by molar-refractivity contribution is -0.128. The highest BCUT2D eigenvalue weighted by Gasteiger charge is 2.35. The Balaban J connectivity index is 1.74. The van der Waals surface area contributed by atoms with Crippen molar-refractivity contribution < 1.29 is 19.1 Å². The molecule has 0 radical (unpaired) electrons. The smallest absolute Gasteiger partial charge is 0.251 e. The summed E-state index contributed by atoms with van der Waals surface area (Å²) in [7, 11) is 0. The molecule has 0 unspecified atom stereocenters. The number of hydrogen-bond donors (Lipinski definition) is 2. The molecule has 0 spiro atoms. The van der Waals surface area contributed by atoms with Crippen molar-refractivity contribution in [1.82, 2.24) is 25.5 Å². The summed E-state index contributed by atoms with van der Waals surface area (Å²) in [5.41, 5.74) is 1.91. The molecule has 3 aromatic carbocycles. The van der Waals surface area contributed by atoms with Gasteiger partial charge in [-0.2, -0.15) is 4.80 Å². The molecule has 1 atom stereocenters. The summed E-state index contributed by atoms with van der Waals surface area (Å²) in [5.74, 6) is -0.964. The number of aryl methyl sites for hydroxylation is 1. The van der Waals surface area contributed by atoms with Crippen LogP contribution in [0.5, 0.6) is 5.75 Å². The van der Waals surface area contributed by atoms with Crippen molar-refractivity contribution >= 4 is 17.5 Å². The first-order valence-corrected chi connectivity index (χ1v) is 12.0. The Morgan fingerprint density at radius 3 is 2.37 bits per heavy atom. The Kier molecular flexibility index (Phi) is 7.52. The number of nitrogens with zero attached hydrogens (tertiary/aromatic N) is 5. The van der Waals surface area contributed by atoms with E-state index in [4.69, 9.17) is 0 Å². The minimum Gasteiger partial charge on any atom is -0.508 e. The molecule has 0 saturated carbocycles. The molecule has 0 aliphatic carbocycles. The molecule has 196 valence electrons. The number of phenolic OH excluding ortho intramolecular Hbond substituents is 1. The number of anilines is 1. The van der Waals surface area contributed by atoms with Crippen LogP contribution in [0.15, 0.2) is 72.8 Å². The molecule has 0 fully saturated rings. The lowest BCUT2D eigenvalue weighted by atomic mass is 10.00. The summed E-state index contributed by atoms with van der Waals surface area (Å²) in [5, 5.41) is 25.1. The number of nitrogens with one attached hydrogen (secondary N) is 1.